The molecule has 8 nitrogen and oxygen atoms in total. The largest absolute Gasteiger partial charge is 0.573 e. The zero-order chi connectivity index (χ0) is 32.2. The predicted molar refractivity (Wildman–Crippen MR) is 147 cm³/mol. The van der Waals surface area contributed by atoms with E-state index in [9.17, 15) is 40.7 Å². The van der Waals surface area contributed by atoms with Crippen LogP contribution < -0.4 is 20.3 Å². The summed E-state index contributed by atoms with van der Waals surface area (Å²) in [4.78, 5) is 45.1. The number of nitrogens with zero attached hydrogens (tertiary/aromatic N) is 2. The molecule has 1 aliphatic rings. The average Bonchev–Trinajstić information content (AvgIpc) is 3.08. The average molecular weight is 623 g/mol. The number of fused-ring (bicyclic) bond motifs is 1. The normalized spacial score (nSPS) is 16.2. The summed E-state index contributed by atoms with van der Waals surface area (Å²) in [7, 11) is 0. The summed E-state index contributed by atoms with van der Waals surface area (Å²) in [5.41, 5.74) is -0.114. The maximum Gasteiger partial charge on any atom is 0.573 e. The van der Waals surface area contributed by atoms with Crippen LogP contribution in [0.15, 0.2) is 66.9 Å². The van der Waals surface area contributed by atoms with Gasteiger partial charge in [-0.25, -0.2) is 0 Å². The van der Waals surface area contributed by atoms with Crippen molar-refractivity contribution < 1.29 is 45.5 Å². The molecule has 0 bridgehead atoms. The molecule has 44 heavy (non-hydrogen) atoms. The highest BCUT2D eigenvalue weighted by Crippen LogP contribution is 2.30. The second-order valence-electron chi connectivity index (χ2n) is 10.3. The van der Waals surface area contributed by atoms with E-state index in [1.807, 2.05) is 12.1 Å². The van der Waals surface area contributed by atoms with Crippen LogP contribution in [0.5, 0.6) is 5.75 Å². The lowest BCUT2D eigenvalue weighted by Crippen LogP contribution is -2.55. The Morgan fingerprint density at radius 2 is 1.68 bits per heavy atom. The molecule has 2 heterocycles. The summed E-state index contributed by atoms with van der Waals surface area (Å²) >= 11 is 0. The molecule has 0 unspecified atom stereocenters. The van der Waals surface area contributed by atoms with Crippen LogP contribution in [0.2, 0.25) is 0 Å². The van der Waals surface area contributed by atoms with Gasteiger partial charge in [-0.05, 0) is 62.1 Å². The van der Waals surface area contributed by atoms with Crippen LogP contribution in [-0.2, 0) is 28.6 Å². The van der Waals surface area contributed by atoms with Crippen LogP contribution in [0.4, 0.5) is 32.0 Å². The standard InChI is InChI=1S/C30H28F6N4O4/c1-17(2)40-23-9-5-3-7-18(23)11-13-21(28(40)43)38-27(42)22(15-19-8-4-6-10-24(19)44-30(34,35)36)39-26(41)20-12-14-25(37-16-20)29(31,32)33/h3-10,12,14,16-17,21-22H,11,13,15H2,1-2H3,(H,38,42)(H,39,41)/t21-,22-/m1/s1. The summed E-state index contributed by atoms with van der Waals surface area (Å²) in [5, 5.41) is 5.00. The molecular weight excluding hydrogens is 594 g/mol. The van der Waals surface area contributed by atoms with Gasteiger partial charge >= 0.3 is 12.5 Å². The number of aryl methyl sites for hydroxylation is 1. The molecule has 3 aromatic rings. The monoisotopic (exact) mass is 622 g/mol. The van der Waals surface area contributed by atoms with E-state index in [-0.39, 0.29) is 23.6 Å². The van der Waals surface area contributed by atoms with Crippen LogP contribution in [0.25, 0.3) is 0 Å². The summed E-state index contributed by atoms with van der Waals surface area (Å²) in [6.07, 6.45) is -9.03. The van der Waals surface area contributed by atoms with Crippen LogP contribution in [0.1, 0.15) is 47.4 Å². The lowest BCUT2D eigenvalue weighted by Gasteiger charge is -2.30. The van der Waals surface area contributed by atoms with Crippen molar-refractivity contribution in [3.8, 4) is 5.75 Å². The highest BCUT2D eigenvalue weighted by molar-refractivity contribution is 6.02. The topological polar surface area (TPSA) is 101 Å². The predicted octanol–water partition coefficient (Wildman–Crippen LogP) is 5.21. The van der Waals surface area contributed by atoms with E-state index < -0.39 is 60.2 Å². The lowest BCUT2D eigenvalue weighted by atomic mass is 10.0. The SMILES string of the molecule is CC(C)N1C(=O)[C@H](NC(=O)[C@@H](Cc2ccccc2OC(F)(F)F)NC(=O)c2ccc(C(F)(F)F)nc2)CCc2ccccc21. The van der Waals surface area contributed by atoms with Gasteiger partial charge in [-0.1, -0.05) is 36.4 Å². The third-order valence-corrected chi connectivity index (χ3v) is 6.88. The number of pyridine rings is 1. The van der Waals surface area contributed by atoms with E-state index in [0.717, 1.165) is 17.7 Å². The molecule has 1 aromatic heterocycles. The molecule has 2 aromatic carbocycles. The van der Waals surface area contributed by atoms with Gasteiger partial charge in [0.2, 0.25) is 11.8 Å². The fraction of sp³-hybridized carbons (Fsp3) is 0.333. The van der Waals surface area contributed by atoms with Crippen molar-refractivity contribution in [2.75, 3.05) is 4.90 Å². The van der Waals surface area contributed by atoms with Crippen LogP contribution >= 0.6 is 0 Å². The van der Waals surface area contributed by atoms with Crippen molar-refractivity contribution in [1.82, 2.24) is 15.6 Å². The van der Waals surface area contributed by atoms with E-state index in [1.54, 1.807) is 30.9 Å². The fourth-order valence-electron chi connectivity index (χ4n) is 4.87. The van der Waals surface area contributed by atoms with Crippen LogP contribution in [0.3, 0.4) is 0 Å². The molecular formula is C30H28F6N4O4. The first-order valence-electron chi connectivity index (χ1n) is 13.5. The Morgan fingerprint density at radius 3 is 2.32 bits per heavy atom. The third-order valence-electron chi connectivity index (χ3n) is 6.88. The summed E-state index contributed by atoms with van der Waals surface area (Å²) in [6.45, 7) is 3.61. The zero-order valence-corrected chi connectivity index (χ0v) is 23.5. The van der Waals surface area contributed by atoms with Gasteiger partial charge in [-0.15, -0.1) is 13.2 Å². The number of halogens is 6. The first kappa shape index (κ1) is 32.3. The second-order valence-corrected chi connectivity index (χ2v) is 10.3. The van der Waals surface area contributed by atoms with E-state index >= 15 is 0 Å². The number of rotatable bonds is 8. The lowest BCUT2D eigenvalue weighted by molar-refractivity contribution is -0.274. The van der Waals surface area contributed by atoms with Crippen molar-refractivity contribution >= 4 is 23.4 Å². The smallest absolute Gasteiger partial charge is 0.406 e. The van der Waals surface area contributed by atoms with Crippen molar-refractivity contribution in [2.24, 2.45) is 0 Å². The van der Waals surface area contributed by atoms with Gasteiger partial charge in [0.05, 0.1) is 5.56 Å². The number of nitrogens with one attached hydrogen (secondary N) is 2. The van der Waals surface area contributed by atoms with Gasteiger partial charge < -0.3 is 20.3 Å². The Bertz CT molecular complexity index is 1510. The molecule has 4 rings (SSSR count). The molecule has 3 amide bonds. The number of hydrogen-bond donors (Lipinski definition) is 2. The van der Waals surface area contributed by atoms with E-state index in [4.69, 9.17) is 0 Å². The molecule has 0 spiro atoms. The first-order valence-corrected chi connectivity index (χ1v) is 13.5. The number of ether oxygens (including phenoxy) is 1. The Balaban J connectivity index is 1.62. The molecule has 2 N–H and O–H groups in total. The maximum absolute atomic E-state index is 13.6. The third kappa shape index (κ3) is 7.85. The minimum atomic E-state index is -5.05. The quantitative estimate of drug-likeness (QED) is 0.336. The van der Waals surface area contributed by atoms with Gasteiger partial charge in [0.15, 0.2) is 0 Å². The second kappa shape index (κ2) is 12.9. The molecule has 0 saturated heterocycles. The number of carbonyl (C=O) groups is 3. The van der Waals surface area contributed by atoms with Gasteiger partial charge in [-0.3, -0.25) is 19.4 Å². The first-order chi connectivity index (χ1) is 20.6. The number of hydrogen-bond acceptors (Lipinski definition) is 5. The van der Waals surface area contributed by atoms with Crippen molar-refractivity contribution in [2.45, 2.75) is 63.8 Å². The molecule has 0 saturated carbocycles. The van der Waals surface area contributed by atoms with Gasteiger partial charge in [0.25, 0.3) is 5.91 Å². The van der Waals surface area contributed by atoms with Gasteiger partial charge in [-0.2, -0.15) is 13.2 Å². The molecule has 234 valence electrons. The van der Waals surface area contributed by atoms with Crippen molar-refractivity contribution in [3.63, 3.8) is 0 Å². The van der Waals surface area contributed by atoms with Crippen molar-refractivity contribution in [1.29, 1.82) is 0 Å². The van der Waals surface area contributed by atoms with E-state index in [2.05, 4.69) is 20.4 Å². The number of anilines is 1. The summed E-state index contributed by atoms with van der Waals surface area (Å²) in [6, 6.07) is 10.8. The van der Waals surface area contributed by atoms with Crippen LogP contribution in [0, 0.1) is 0 Å². The number of alkyl halides is 6. The summed E-state index contributed by atoms with van der Waals surface area (Å²) in [5.74, 6) is -2.94. The Kier molecular flexibility index (Phi) is 9.50. The summed E-state index contributed by atoms with van der Waals surface area (Å²) < 4.78 is 82.1. The fourth-order valence-corrected chi connectivity index (χ4v) is 4.87. The minimum absolute atomic E-state index is 0.0979. The van der Waals surface area contributed by atoms with Crippen molar-refractivity contribution in [3.05, 3.63) is 89.2 Å². The van der Waals surface area contributed by atoms with Crippen LogP contribution in [-0.4, -0.2) is 47.2 Å². The molecule has 1 aliphatic heterocycles. The Labute approximate surface area is 248 Å². The Hall–Kier alpha value is -4.62. The van der Waals surface area contributed by atoms with E-state index in [1.165, 1.54) is 18.2 Å². The van der Waals surface area contributed by atoms with Gasteiger partial charge in [0, 0.05) is 24.3 Å². The number of benzene rings is 2. The highest BCUT2D eigenvalue weighted by Gasteiger charge is 2.36. The highest BCUT2D eigenvalue weighted by atomic mass is 19.4. The molecule has 0 aliphatic carbocycles. The van der Waals surface area contributed by atoms with Gasteiger partial charge in [0.1, 0.15) is 23.5 Å². The number of para-hydroxylation sites is 2. The molecule has 0 fully saturated rings. The zero-order valence-electron chi connectivity index (χ0n) is 23.5. The number of aromatic nitrogens is 1. The number of amides is 3. The van der Waals surface area contributed by atoms with E-state index in [0.29, 0.717) is 24.4 Å². The molecule has 0 radical (unpaired) electrons. The minimum Gasteiger partial charge on any atom is -0.406 e. The number of carbonyl (C=O) groups excluding carboxylic acids is 3. The Morgan fingerprint density at radius 1 is 1.00 bits per heavy atom. The molecule has 2 atom stereocenters. The molecule has 14 heteroatoms. The maximum atomic E-state index is 13.6.